The molecule has 30 heavy (non-hydrogen) atoms. The number of aryl methyl sites for hydroxylation is 1. The van der Waals surface area contributed by atoms with Crippen molar-refractivity contribution in [1.29, 1.82) is 0 Å². The predicted molar refractivity (Wildman–Crippen MR) is 117 cm³/mol. The summed E-state index contributed by atoms with van der Waals surface area (Å²) in [5.41, 5.74) is 4.21. The van der Waals surface area contributed by atoms with E-state index in [2.05, 4.69) is 21.0 Å². The zero-order chi connectivity index (χ0) is 21.5. The van der Waals surface area contributed by atoms with Gasteiger partial charge in [-0.15, -0.1) is 0 Å². The SMILES string of the molecule is CO[C@H](Cc1cncc(C(C)(C)O)c1)Cc1ccc2ncc3c([nH]c(=O)n3C)c2c1. The number of ether oxygens (including phenoxy) is 1. The van der Waals surface area contributed by atoms with Gasteiger partial charge in [0.05, 0.1) is 34.5 Å². The summed E-state index contributed by atoms with van der Waals surface area (Å²) >= 11 is 0. The second kappa shape index (κ2) is 7.66. The first-order valence-electron chi connectivity index (χ1n) is 9.92. The number of hydrogen-bond acceptors (Lipinski definition) is 5. The van der Waals surface area contributed by atoms with E-state index in [1.807, 2.05) is 24.4 Å². The third-order valence-electron chi connectivity index (χ3n) is 5.57. The second-order valence-corrected chi connectivity index (χ2v) is 8.27. The van der Waals surface area contributed by atoms with Crippen LogP contribution in [-0.4, -0.2) is 37.8 Å². The molecule has 0 spiro atoms. The standard InChI is InChI=1S/C23H26N4O3/c1-23(2,29)16-7-15(11-24-12-16)9-17(30-4)8-14-5-6-19-18(10-14)21-20(13-25-19)27(3)22(28)26-21/h5-7,10-13,17,29H,8-9H2,1-4H3,(H,26,28)/t17-/m0/s1. The van der Waals surface area contributed by atoms with Gasteiger partial charge in [0.2, 0.25) is 0 Å². The monoisotopic (exact) mass is 406 g/mol. The topological polar surface area (TPSA) is 93.0 Å². The van der Waals surface area contributed by atoms with Gasteiger partial charge in [0.25, 0.3) is 0 Å². The van der Waals surface area contributed by atoms with E-state index < -0.39 is 5.60 Å². The molecule has 4 aromatic rings. The lowest BCUT2D eigenvalue weighted by Crippen LogP contribution is -2.19. The zero-order valence-electron chi connectivity index (χ0n) is 17.6. The van der Waals surface area contributed by atoms with Crippen LogP contribution >= 0.6 is 0 Å². The van der Waals surface area contributed by atoms with E-state index in [4.69, 9.17) is 4.74 Å². The average Bonchev–Trinajstić information content (AvgIpc) is 3.01. The third kappa shape index (κ3) is 3.86. The molecule has 0 fully saturated rings. The minimum Gasteiger partial charge on any atom is -0.386 e. The summed E-state index contributed by atoms with van der Waals surface area (Å²) in [7, 11) is 3.43. The number of H-pyrrole nitrogens is 1. The van der Waals surface area contributed by atoms with Gasteiger partial charge >= 0.3 is 5.69 Å². The minimum atomic E-state index is -0.936. The maximum atomic E-state index is 12.0. The Bertz CT molecular complexity index is 1270. The lowest BCUT2D eigenvalue weighted by molar-refractivity contribution is 0.0777. The van der Waals surface area contributed by atoms with Gasteiger partial charge in [-0.2, -0.15) is 0 Å². The normalized spacial score (nSPS) is 13.2. The Morgan fingerprint density at radius 3 is 2.67 bits per heavy atom. The number of benzene rings is 1. The van der Waals surface area contributed by atoms with E-state index in [1.165, 1.54) is 0 Å². The van der Waals surface area contributed by atoms with Crippen LogP contribution in [0.15, 0.2) is 47.7 Å². The summed E-state index contributed by atoms with van der Waals surface area (Å²) in [6.07, 6.45) is 6.54. The number of methoxy groups -OCH3 is 1. The molecule has 3 aromatic heterocycles. The largest absolute Gasteiger partial charge is 0.386 e. The third-order valence-corrected chi connectivity index (χ3v) is 5.57. The van der Waals surface area contributed by atoms with Gasteiger partial charge in [0.15, 0.2) is 0 Å². The molecular weight excluding hydrogens is 380 g/mol. The van der Waals surface area contributed by atoms with Gasteiger partial charge in [-0.05, 0) is 49.6 Å². The molecule has 2 N–H and O–H groups in total. The predicted octanol–water partition coefficient (Wildman–Crippen LogP) is 2.84. The first-order chi connectivity index (χ1) is 14.3. The number of aromatic nitrogens is 4. The number of imidazole rings is 1. The van der Waals surface area contributed by atoms with Gasteiger partial charge in [0.1, 0.15) is 0 Å². The number of aliphatic hydroxyl groups is 1. The quantitative estimate of drug-likeness (QED) is 0.514. The number of pyridine rings is 2. The van der Waals surface area contributed by atoms with E-state index in [0.29, 0.717) is 12.8 Å². The van der Waals surface area contributed by atoms with Gasteiger partial charge in [-0.25, -0.2) is 4.79 Å². The van der Waals surface area contributed by atoms with Crippen LogP contribution < -0.4 is 5.69 Å². The Morgan fingerprint density at radius 1 is 1.17 bits per heavy atom. The highest BCUT2D eigenvalue weighted by Crippen LogP contribution is 2.24. The number of rotatable bonds is 6. The van der Waals surface area contributed by atoms with Crippen molar-refractivity contribution in [3.8, 4) is 0 Å². The van der Waals surface area contributed by atoms with Gasteiger partial charge in [0, 0.05) is 43.9 Å². The van der Waals surface area contributed by atoms with E-state index in [9.17, 15) is 9.90 Å². The van der Waals surface area contributed by atoms with Crippen molar-refractivity contribution in [2.45, 2.75) is 38.4 Å². The van der Waals surface area contributed by atoms with Crippen molar-refractivity contribution in [1.82, 2.24) is 19.5 Å². The summed E-state index contributed by atoms with van der Waals surface area (Å²) in [4.78, 5) is 23.7. The fraction of sp³-hybridized carbons (Fsp3) is 0.348. The molecule has 0 bridgehead atoms. The number of aromatic amines is 1. The maximum absolute atomic E-state index is 12.0. The van der Waals surface area contributed by atoms with Crippen LogP contribution in [0.25, 0.3) is 21.9 Å². The molecular formula is C23H26N4O3. The fourth-order valence-electron chi connectivity index (χ4n) is 3.74. The molecule has 0 saturated carbocycles. The van der Waals surface area contributed by atoms with Crippen LogP contribution in [-0.2, 0) is 30.2 Å². The molecule has 0 saturated heterocycles. The zero-order valence-corrected chi connectivity index (χ0v) is 17.6. The Balaban J connectivity index is 1.63. The van der Waals surface area contributed by atoms with E-state index in [0.717, 1.165) is 38.6 Å². The van der Waals surface area contributed by atoms with Crippen molar-refractivity contribution < 1.29 is 9.84 Å². The Hall–Kier alpha value is -3.03. The highest BCUT2D eigenvalue weighted by Gasteiger charge is 2.18. The summed E-state index contributed by atoms with van der Waals surface area (Å²) in [6.45, 7) is 3.50. The van der Waals surface area contributed by atoms with Crippen molar-refractivity contribution in [2.24, 2.45) is 7.05 Å². The highest BCUT2D eigenvalue weighted by atomic mass is 16.5. The number of hydrogen-bond donors (Lipinski definition) is 2. The van der Waals surface area contributed by atoms with E-state index in [1.54, 1.807) is 45.0 Å². The van der Waals surface area contributed by atoms with E-state index >= 15 is 0 Å². The van der Waals surface area contributed by atoms with Crippen molar-refractivity contribution in [3.05, 3.63) is 70.0 Å². The first-order valence-corrected chi connectivity index (χ1v) is 9.92. The van der Waals surface area contributed by atoms with Crippen LogP contribution in [0.5, 0.6) is 0 Å². The van der Waals surface area contributed by atoms with Gasteiger partial charge in [-0.1, -0.05) is 6.07 Å². The fourth-order valence-corrected chi connectivity index (χ4v) is 3.74. The molecule has 1 atom stereocenters. The Kier molecular flexibility index (Phi) is 5.17. The molecule has 0 amide bonds. The maximum Gasteiger partial charge on any atom is 0.326 e. The van der Waals surface area contributed by atoms with E-state index in [-0.39, 0.29) is 11.8 Å². The molecule has 0 aliphatic rings. The lowest BCUT2D eigenvalue weighted by Gasteiger charge is -2.20. The number of nitrogens with one attached hydrogen (secondary N) is 1. The summed E-state index contributed by atoms with van der Waals surface area (Å²) in [5, 5.41) is 11.2. The summed E-state index contributed by atoms with van der Waals surface area (Å²) < 4.78 is 7.30. The highest BCUT2D eigenvalue weighted by molar-refractivity contribution is 6.02. The Morgan fingerprint density at radius 2 is 1.93 bits per heavy atom. The molecule has 0 radical (unpaired) electrons. The van der Waals surface area contributed by atoms with Crippen LogP contribution in [0.4, 0.5) is 0 Å². The molecule has 156 valence electrons. The molecule has 1 aromatic carbocycles. The average molecular weight is 406 g/mol. The second-order valence-electron chi connectivity index (χ2n) is 8.27. The first kappa shape index (κ1) is 20.3. The molecule has 7 heteroatoms. The number of nitrogens with zero attached hydrogens (tertiary/aromatic N) is 3. The summed E-state index contributed by atoms with van der Waals surface area (Å²) in [6, 6.07) is 8.05. The smallest absolute Gasteiger partial charge is 0.326 e. The molecule has 0 aliphatic carbocycles. The van der Waals surface area contributed by atoms with Crippen LogP contribution in [0.3, 0.4) is 0 Å². The van der Waals surface area contributed by atoms with Gasteiger partial charge in [-0.3, -0.25) is 14.5 Å². The number of fused-ring (bicyclic) bond motifs is 3. The molecule has 7 nitrogen and oxygen atoms in total. The summed E-state index contributed by atoms with van der Waals surface area (Å²) in [5.74, 6) is 0. The molecule has 0 aliphatic heterocycles. The molecule has 4 rings (SSSR count). The van der Waals surface area contributed by atoms with Crippen LogP contribution in [0.1, 0.15) is 30.5 Å². The minimum absolute atomic E-state index is 0.0525. The van der Waals surface area contributed by atoms with Crippen LogP contribution in [0, 0.1) is 0 Å². The van der Waals surface area contributed by atoms with Crippen molar-refractivity contribution in [3.63, 3.8) is 0 Å². The van der Waals surface area contributed by atoms with Crippen LogP contribution in [0.2, 0.25) is 0 Å². The van der Waals surface area contributed by atoms with Crippen molar-refractivity contribution in [2.75, 3.05) is 7.11 Å². The lowest BCUT2D eigenvalue weighted by atomic mass is 9.96. The van der Waals surface area contributed by atoms with Gasteiger partial charge < -0.3 is 14.8 Å². The molecule has 3 heterocycles. The van der Waals surface area contributed by atoms with Crippen molar-refractivity contribution >= 4 is 21.9 Å². The Labute approximate surface area is 174 Å². The molecule has 0 unspecified atom stereocenters.